The third kappa shape index (κ3) is 5.70. The van der Waals surface area contributed by atoms with E-state index in [1.54, 1.807) is 6.20 Å². The fraction of sp³-hybridized carbons (Fsp3) is 0.0345. The Balaban J connectivity index is 0.000000595. The molecule has 0 spiro atoms. The van der Waals surface area contributed by atoms with Crippen LogP contribution in [0.2, 0.25) is 0 Å². The van der Waals surface area contributed by atoms with E-state index < -0.39 is 10.4 Å². The number of benzene rings is 3. The van der Waals surface area contributed by atoms with Crippen molar-refractivity contribution in [2.75, 3.05) is 5.32 Å². The molecule has 0 saturated carbocycles. The van der Waals surface area contributed by atoms with Crippen LogP contribution in [-0.4, -0.2) is 34.2 Å². The number of nitrogens with zero attached hydrogens (tertiary/aromatic N) is 5. The van der Waals surface area contributed by atoms with Gasteiger partial charge in [0.25, 0.3) is 5.84 Å². The minimum Gasteiger partial charge on any atom is -0.376 e. The lowest BCUT2D eigenvalue weighted by Gasteiger charge is -2.26. The Bertz CT molecular complexity index is 1780. The number of quaternary nitrogens is 1. The summed E-state index contributed by atoms with van der Waals surface area (Å²) < 4.78 is 31.2. The molecule has 0 aliphatic carbocycles. The van der Waals surface area contributed by atoms with Crippen molar-refractivity contribution >= 4 is 39.5 Å². The van der Waals surface area contributed by atoms with Crippen LogP contribution in [0.25, 0.3) is 17.2 Å². The van der Waals surface area contributed by atoms with Gasteiger partial charge >= 0.3 is 16.6 Å². The van der Waals surface area contributed by atoms with Crippen molar-refractivity contribution in [2.24, 2.45) is 10.1 Å². The molecule has 0 bridgehead atoms. The molecule has 0 fully saturated rings. The summed E-state index contributed by atoms with van der Waals surface area (Å²) in [4.78, 5) is 9.04. The van der Waals surface area contributed by atoms with Gasteiger partial charge < -0.3 is 5.32 Å². The zero-order valence-electron chi connectivity index (χ0n) is 21.0. The molecule has 1 atom stereocenters. The minimum absolute atomic E-state index is 0.347. The van der Waals surface area contributed by atoms with E-state index in [1.165, 1.54) is 0 Å². The highest BCUT2D eigenvalue weighted by Crippen LogP contribution is 2.45. The second-order valence-electron chi connectivity index (χ2n) is 8.82. The monoisotopic (exact) mass is 551 g/mol. The highest BCUT2D eigenvalue weighted by molar-refractivity contribution is 7.79. The van der Waals surface area contributed by atoms with Gasteiger partial charge in [-0.3, -0.25) is 14.1 Å². The molecule has 2 aliphatic heterocycles. The Morgan fingerprint density at radius 2 is 1.55 bits per heavy atom. The number of hydrogen-bond donors (Lipinski definition) is 3. The quantitative estimate of drug-likeness (QED) is 0.173. The Morgan fingerprint density at radius 1 is 0.875 bits per heavy atom. The van der Waals surface area contributed by atoms with Crippen LogP contribution in [0.4, 0.5) is 11.4 Å². The highest BCUT2D eigenvalue weighted by atomic mass is 32.3. The average Bonchev–Trinajstić information content (AvgIpc) is 3.37. The maximum Gasteiger partial charge on any atom is 0.394 e. The molecule has 1 unspecified atom stereocenters. The van der Waals surface area contributed by atoms with E-state index in [9.17, 15) is 5.26 Å². The number of amidine groups is 2. The van der Waals surface area contributed by atoms with E-state index in [0.29, 0.717) is 18.2 Å². The predicted octanol–water partition coefficient (Wildman–Crippen LogP) is 5.30. The number of aliphatic imine (C=N–C) groups is 1. The maximum atomic E-state index is 10.5. The van der Waals surface area contributed by atoms with Gasteiger partial charge in [0.2, 0.25) is 11.5 Å². The second kappa shape index (κ2) is 11.0. The Morgan fingerprint density at radius 3 is 2.20 bits per heavy atom. The lowest BCUT2D eigenvalue weighted by atomic mass is 9.98. The predicted molar refractivity (Wildman–Crippen MR) is 154 cm³/mol. The van der Waals surface area contributed by atoms with Gasteiger partial charge in [-0.2, -0.15) is 13.4 Å². The van der Waals surface area contributed by atoms with Gasteiger partial charge in [0.05, 0.1) is 0 Å². The zero-order chi connectivity index (χ0) is 28.2. The molecule has 40 heavy (non-hydrogen) atoms. The average molecular weight is 552 g/mol. The molecule has 198 valence electrons. The first kappa shape index (κ1) is 26.6. The number of fused-ring (bicyclic) bond motifs is 3. The van der Waals surface area contributed by atoms with Crippen LogP contribution in [0, 0.1) is 11.5 Å². The molecule has 3 aromatic carbocycles. The summed E-state index contributed by atoms with van der Waals surface area (Å²) in [5, 5.41) is 19.0. The Kier molecular flexibility index (Phi) is 7.33. The largest absolute Gasteiger partial charge is 0.394 e. The molecule has 3 heterocycles. The normalized spacial score (nSPS) is 16.8. The van der Waals surface area contributed by atoms with Crippen LogP contribution in [0.5, 0.6) is 0 Å². The highest BCUT2D eigenvalue weighted by Gasteiger charge is 2.49. The van der Waals surface area contributed by atoms with Crippen molar-refractivity contribution < 1.29 is 17.5 Å². The van der Waals surface area contributed by atoms with Crippen LogP contribution < -0.4 is 9.91 Å². The second-order valence-corrected chi connectivity index (χ2v) is 9.71. The van der Waals surface area contributed by atoms with E-state index >= 15 is 0 Å². The van der Waals surface area contributed by atoms with Crippen molar-refractivity contribution in [3.8, 4) is 17.3 Å². The number of aromatic nitrogens is 1. The van der Waals surface area contributed by atoms with E-state index in [4.69, 9.17) is 27.6 Å². The topological polar surface area (TPSA) is 148 Å². The first-order chi connectivity index (χ1) is 19.3. The number of nitriles is 1. The van der Waals surface area contributed by atoms with E-state index in [-0.39, 0.29) is 4.59 Å². The molecular weight excluding hydrogens is 528 g/mol. The summed E-state index contributed by atoms with van der Waals surface area (Å²) in [5.41, 5.74) is 6.56. The molecule has 0 radical (unpaired) electrons. The fourth-order valence-corrected chi connectivity index (χ4v) is 4.48. The van der Waals surface area contributed by atoms with Gasteiger partial charge in [-0.25, -0.2) is 0 Å². The number of hydrogen-bond acceptors (Lipinski definition) is 7. The molecule has 6 rings (SSSR count). The third-order valence-electron chi connectivity index (χ3n) is 6.17. The number of nitrogens with one attached hydrogen (secondary N) is 1. The maximum absolute atomic E-state index is 10.5. The SMILES string of the molecule is N#C[N+]12N=C(c3ccccc3)N=C1C=Cc1cc(-c3cccnc3)cc(NCc3ccccc3)c12.O=S(=O)(O)O. The lowest BCUT2D eigenvalue weighted by molar-refractivity contribution is 0.381. The zero-order valence-corrected chi connectivity index (χ0v) is 21.8. The van der Waals surface area contributed by atoms with Gasteiger partial charge in [-0.15, -0.1) is 5.26 Å². The summed E-state index contributed by atoms with van der Waals surface area (Å²) in [6.07, 6.45) is 9.96. The van der Waals surface area contributed by atoms with E-state index in [2.05, 4.69) is 40.8 Å². The number of pyridine rings is 1. The first-order valence-corrected chi connectivity index (χ1v) is 13.5. The van der Waals surface area contributed by atoms with Crippen molar-refractivity contribution in [3.05, 3.63) is 120 Å². The van der Waals surface area contributed by atoms with Gasteiger partial charge in [0.15, 0.2) is 0 Å². The minimum atomic E-state index is -4.67. The molecule has 3 N–H and O–H groups in total. The Labute approximate surface area is 231 Å². The van der Waals surface area contributed by atoms with Gasteiger partial charge in [-0.05, 0) is 45.1 Å². The Hall–Kier alpha value is -4.99. The van der Waals surface area contributed by atoms with Gasteiger partial charge in [-0.1, -0.05) is 66.7 Å². The fourth-order valence-electron chi connectivity index (χ4n) is 4.48. The van der Waals surface area contributed by atoms with Crippen molar-refractivity contribution in [2.45, 2.75) is 6.54 Å². The summed E-state index contributed by atoms with van der Waals surface area (Å²) in [7, 11) is -4.67. The van der Waals surface area contributed by atoms with Crippen LogP contribution >= 0.6 is 0 Å². The summed E-state index contributed by atoms with van der Waals surface area (Å²) >= 11 is 0. The molecule has 4 aromatic rings. The lowest BCUT2D eigenvalue weighted by Crippen LogP contribution is -2.44. The molecule has 2 aliphatic rings. The number of anilines is 1. The molecule has 11 heteroatoms. The molecule has 0 saturated heterocycles. The molecule has 1 aromatic heterocycles. The summed E-state index contributed by atoms with van der Waals surface area (Å²) in [5.74, 6) is 1.13. The van der Waals surface area contributed by atoms with Crippen molar-refractivity contribution in [3.63, 3.8) is 0 Å². The van der Waals surface area contributed by atoms with Gasteiger partial charge in [0.1, 0.15) is 5.69 Å². The van der Waals surface area contributed by atoms with Crippen LogP contribution in [-0.2, 0) is 16.9 Å². The summed E-state index contributed by atoms with van der Waals surface area (Å²) in [6.45, 7) is 0.612. The molecule has 0 amide bonds. The van der Waals surface area contributed by atoms with Crippen molar-refractivity contribution in [1.29, 1.82) is 5.26 Å². The molecular formula is C29H23N6O4S+. The first-order valence-electron chi connectivity index (χ1n) is 12.1. The standard InChI is InChI=1S/C29H21N6.H2O4S/c30-20-35-27(33-29(34-35)22-10-5-2-6-11-22)14-13-23-16-25(24-12-7-15-31-19-24)17-26(28(23)35)32-18-21-8-3-1-4-9-21;1-5(2,3)4/h1-17,19,32H,18H2;(H2,1,2,3,4)/q+1;. The van der Waals surface area contributed by atoms with Crippen LogP contribution in [0.3, 0.4) is 0 Å². The summed E-state index contributed by atoms with van der Waals surface area (Å²) in [6, 6.07) is 28.1. The van der Waals surface area contributed by atoms with Crippen LogP contribution in [0.1, 0.15) is 16.7 Å². The molecule has 10 nitrogen and oxygen atoms in total. The van der Waals surface area contributed by atoms with Gasteiger partial charge in [0, 0.05) is 41.7 Å². The van der Waals surface area contributed by atoms with Crippen LogP contribution in [0.15, 0.2) is 113 Å². The van der Waals surface area contributed by atoms with E-state index in [1.807, 2.05) is 79.0 Å². The third-order valence-corrected chi connectivity index (χ3v) is 6.17. The number of rotatable bonds is 5. The van der Waals surface area contributed by atoms with E-state index in [0.717, 1.165) is 39.2 Å². The smallest absolute Gasteiger partial charge is 0.376 e. The van der Waals surface area contributed by atoms with Crippen molar-refractivity contribution in [1.82, 2.24) is 9.58 Å².